The third-order valence-electron chi connectivity index (χ3n) is 6.68. The molecule has 1 aromatic heterocycles. The van der Waals surface area contributed by atoms with Crippen LogP contribution in [-0.2, 0) is 19.9 Å². The molecule has 0 atom stereocenters. The first kappa shape index (κ1) is 20.7. The van der Waals surface area contributed by atoms with Gasteiger partial charge in [-0.3, -0.25) is 0 Å². The topological polar surface area (TPSA) is 3.88 Å². The van der Waals surface area contributed by atoms with Crippen molar-refractivity contribution in [2.75, 3.05) is 0 Å². The molecule has 1 nitrogen and oxygen atoms in total. The van der Waals surface area contributed by atoms with E-state index >= 15 is 0 Å². The van der Waals surface area contributed by atoms with E-state index < -0.39 is 0 Å². The molecule has 0 bridgehead atoms. The van der Waals surface area contributed by atoms with Crippen LogP contribution in [0.3, 0.4) is 0 Å². The van der Waals surface area contributed by atoms with Crippen LogP contribution < -0.4 is 4.57 Å². The van der Waals surface area contributed by atoms with Crippen LogP contribution in [-0.4, -0.2) is 0 Å². The van der Waals surface area contributed by atoms with Crippen LogP contribution in [0.4, 0.5) is 0 Å². The van der Waals surface area contributed by atoms with Gasteiger partial charge in [0.2, 0.25) is 5.69 Å². The average molecular weight is 419 g/mol. The minimum atomic E-state index is 0.265. The highest BCUT2D eigenvalue weighted by Gasteiger charge is 2.28. The van der Waals surface area contributed by atoms with E-state index in [1.807, 2.05) is 0 Å². The summed E-state index contributed by atoms with van der Waals surface area (Å²) >= 11 is 0. The number of hydrogen-bond donors (Lipinski definition) is 0. The molecule has 160 valence electrons. The highest BCUT2D eigenvalue weighted by Crippen LogP contribution is 2.47. The Hall–Kier alpha value is -3.19. The number of nitrogens with zero attached hydrogens (tertiary/aromatic N) is 1. The van der Waals surface area contributed by atoms with E-state index in [9.17, 15) is 0 Å². The van der Waals surface area contributed by atoms with Crippen molar-refractivity contribution in [1.29, 1.82) is 0 Å². The molecule has 1 aliphatic carbocycles. The van der Waals surface area contributed by atoms with Crippen molar-refractivity contribution in [3.8, 4) is 33.5 Å². The standard InChI is InChI=1S/C31H32N/c1-21-26(29-17-22(15-16-32(29)5)20-31(2,3)4)19-28(23-11-7-6-8-12-23)30-25-14-10-9-13-24(25)18-27(21)30/h6-17,19H,18,20H2,1-5H3/q+1. The van der Waals surface area contributed by atoms with Crippen LogP contribution in [0, 0.1) is 12.3 Å². The Labute approximate surface area is 192 Å². The molecule has 0 saturated heterocycles. The highest BCUT2D eigenvalue weighted by molar-refractivity contribution is 5.94. The third-order valence-corrected chi connectivity index (χ3v) is 6.68. The van der Waals surface area contributed by atoms with Gasteiger partial charge in [0.25, 0.3) is 0 Å². The van der Waals surface area contributed by atoms with Crippen molar-refractivity contribution >= 4 is 0 Å². The Bertz CT molecular complexity index is 1310. The lowest BCUT2D eigenvalue weighted by Gasteiger charge is -2.19. The van der Waals surface area contributed by atoms with E-state index in [0.29, 0.717) is 0 Å². The number of hydrogen-bond acceptors (Lipinski definition) is 0. The maximum Gasteiger partial charge on any atom is 0.212 e. The first-order valence-electron chi connectivity index (χ1n) is 11.6. The molecule has 4 aromatic rings. The zero-order valence-electron chi connectivity index (χ0n) is 19.9. The number of benzene rings is 3. The lowest BCUT2D eigenvalue weighted by atomic mass is 9.86. The zero-order valence-corrected chi connectivity index (χ0v) is 19.9. The van der Waals surface area contributed by atoms with E-state index in [2.05, 4.69) is 118 Å². The minimum Gasteiger partial charge on any atom is -0.201 e. The van der Waals surface area contributed by atoms with Crippen LogP contribution in [0.25, 0.3) is 33.5 Å². The summed E-state index contributed by atoms with van der Waals surface area (Å²) < 4.78 is 2.28. The fraction of sp³-hybridized carbons (Fsp3) is 0.258. The van der Waals surface area contributed by atoms with Gasteiger partial charge in [-0.25, -0.2) is 4.57 Å². The maximum atomic E-state index is 2.43. The van der Waals surface area contributed by atoms with Crippen molar-refractivity contribution in [2.45, 2.75) is 40.5 Å². The SMILES string of the molecule is Cc1c(-c2cc(CC(C)(C)C)cc[n+]2C)cc(-c2ccccc2)c2c1Cc1ccccc1-2. The summed E-state index contributed by atoms with van der Waals surface area (Å²) in [6.45, 7) is 9.24. The fourth-order valence-corrected chi connectivity index (χ4v) is 5.19. The van der Waals surface area contributed by atoms with Crippen LogP contribution in [0.15, 0.2) is 79.0 Å². The van der Waals surface area contributed by atoms with Crippen molar-refractivity contribution in [3.05, 3.63) is 101 Å². The molecule has 0 amide bonds. The summed E-state index contributed by atoms with van der Waals surface area (Å²) in [6, 6.07) is 26.9. The first-order valence-corrected chi connectivity index (χ1v) is 11.6. The van der Waals surface area contributed by atoms with Gasteiger partial charge in [0.15, 0.2) is 6.20 Å². The molecule has 3 aromatic carbocycles. The molecule has 0 fully saturated rings. The van der Waals surface area contributed by atoms with E-state index in [1.54, 1.807) is 0 Å². The summed E-state index contributed by atoms with van der Waals surface area (Å²) in [5.41, 5.74) is 14.0. The molecule has 1 heterocycles. The molecule has 1 heteroatoms. The third kappa shape index (κ3) is 3.66. The normalized spacial score (nSPS) is 12.5. The molecule has 0 unspecified atom stereocenters. The Morgan fingerprint density at radius 2 is 1.53 bits per heavy atom. The summed E-state index contributed by atoms with van der Waals surface area (Å²) in [5, 5.41) is 0. The van der Waals surface area contributed by atoms with Gasteiger partial charge in [0, 0.05) is 17.7 Å². The zero-order chi connectivity index (χ0) is 22.5. The molecule has 0 radical (unpaired) electrons. The summed E-state index contributed by atoms with van der Waals surface area (Å²) in [7, 11) is 2.17. The maximum absolute atomic E-state index is 2.43. The quantitative estimate of drug-likeness (QED) is 0.270. The predicted molar refractivity (Wildman–Crippen MR) is 135 cm³/mol. The number of rotatable bonds is 3. The van der Waals surface area contributed by atoms with Crippen LogP contribution in [0.2, 0.25) is 0 Å². The average Bonchev–Trinajstić information content (AvgIpc) is 3.16. The number of fused-ring (bicyclic) bond motifs is 3. The minimum absolute atomic E-state index is 0.265. The molecule has 0 aliphatic heterocycles. The smallest absolute Gasteiger partial charge is 0.201 e. The Kier molecular flexibility index (Phi) is 5.01. The van der Waals surface area contributed by atoms with E-state index in [4.69, 9.17) is 0 Å². The van der Waals surface area contributed by atoms with Gasteiger partial charge < -0.3 is 0 Å². The lowest BCUT2D eigenvalue weighted by molar-refractivity contribution is -0.660. The summed E-state index contributed by atoms with van der Waals surface area (Å²) in [5.74, 6) is 0. The van der Waals surface area contributed by atoms with Gasteiger partial charge in [-0.2, -0.15) is 0 Å². The highest BCUT2D eigenvalue weighted by atomic mass is 14.9. The van der Waals surface area contributed by atoms with Crippen LogP contribution in [0.1, 0.15) is 43.0 Å². The second-order valence-corrected chi connectivity index (χ2v) is 10.4. The summed E-state index contributed by atoms with van der Waals surface area (Å²) in [6.07, 6.45) is 4.30. The molecule has 0 N–H and O–H groups in total. The molecule has 5 rings (SSSR count). The number of pyridine rings is 1. The van der Waals surface area contributed by atoms with Crippen molar-refractivity contribution in [2.24, 2.45) is 12.5 Å². The van der Waals surface area contributed by atoms with E-state index in [0.717, 1.165) is 12.8 Å². The van der Waals surface area contributed by atoms with Crippen LogP contribution in [0.5, 0.6) is 0 Å². The van der Waals surface area contributed by atoms with E-state index in [-0.39, 0.29) is 5.41 Å². The molecule has 1 aliphatic rings. The van der Waals surface area contributed by atoms with Gasteiger partial charge >= 0.3 is 0 Å². The predicted octanol–water partition coefficient (Wildman–Crippen LogP) is 7.31. The van der Waals surface area contributed by atoms with Crippen molar-refractivity contribution in [3.63, 3.8) is 0 Å². The molecular weight excluding hydrogens is 386 g/mol. The molecular formula is C31H32N+. The van der Waals surface area contributed by atoms with E-state index in [1.165, 1.54) is 55.8 Å². The second-order valence-electron chi connectivity index (χ2n) is 10.4. The first-order chi connectivity index (χ1) is 15.3. The van der Waals surface area contributed by atoms with Gasteiger partial charge in [-0.05, 0) is 75.8 Å². The molecule has 0 saturated carbocycles. The fourth-order valence-electron chi connectivity index (χ4n) is 5.19. The van der Waals surface area contributed by atoms with Gasteiger partial charge in [0.05, 0.1) is 0 Å². The lowest BCUT2D eigenvalue weighted by Crippen LogP contribution is -2.31. The Morgan fingerprint density at radius 3 is 2.28 bits per heavy atom. The largest absolute Gasteiger partial charge is 0.212 e. The number of aryl methyl sites for hydroxylation is 1. The summed E-state index contributed by atoms with van der Waals surface area (Å²) in [4.78, 5) is 0. The molecule has 32 heavy (non-hydrogen) atoms. The number of aromatic nitrogens is 1. The Morgan fingerprint density at radius 1 is 0.812 bits per heavy atom. The Balaban J connectivity index is 1.76. The van der Waals surface area contributed by atoms with Gasteiger partial charge in [-0.1, -0.05) is 75.4 Å². The molecule has 0 spiro atoms. The van der Waals surface area contributed by atoms with Gasteiger partial charge in [0.1, 0.15) is 7.05 Å². The monoisotopic (exact) mass is 418 g/mol. The second kappa shape index (κ2) is 7.74. The van der Waals surface area contributed by atoms with Crippen molar-refractivity contribution < 1.29 is 4.57 Å². The van der Waals surface area contributed by atoms with Gasteiger partial charge in [-0.15, -0.1) is 0 Å². The van der Waals surface area contributed by atoms with Crippen LogP contribution >= 0.6 is 0 Å². The van der Waals surface area contributed by atoms with Crippen molar-refractivity contribution in [1.82, 2.24) is 0 Å².